The first kappa shape index (κ1) is 16.3. The molecule has 19 heavy (non-hydrogen) atoms. The Morgan fingerprint density at radius 2 is 1.74 bits per heavy atom. The van der Waals surface area contributed by atoms with E-state index >= 15 is 0 Å². The maximum absolute atomic E-state index is 12.5. The highest BCUT2D eigenvalue weighted by Crippen LogP contribution is 2.39. The molecule has 0 heterocycles. The van der Waals surface area contributed by atoms with Crippen molar-refractivity contribution >= 4 is 5.91 Å². The monoisotopic (exact) mass is 280 g/mol. The van der Waals surface area contributed by atoms with Crippen LogP contribution in [0.25, 0.3) is 0 Å². The lowest BCUT2D eigenvalue weighted by atomic mass is 9.81. The Morgan fingerprint density at radius 3 is 2.16 bits per heavy atom. The molecule has 0 radical (unpaired) electrons. The van der Waals surface area contributed by atoms with Gasteiger partial charge >= 0.3 is 6.18 Å². The van der Waals surface area contributed by atoms with Gasteiger partial charge in [0.25, 0.3) is 0 Å². The number of halogens is 3. The van der Waals surface area contributed by atoms with Gasteiger partial charge in [-0.05, 0) is 52.5 Å². The van der Waals surface area contributed by atoms with E-state index in [0.29, 0.717) is 25.8 Å². The lowest BCUT2D eigenvalue weighted by Gasteiger charge is -2.32. The number of alkyl halides is 3. The highest BCUT2D eigenvalue weighted by Gasteiger charge is 2.42. The predicted molar refractivity (Wildman–Crippen MR) is 67.4 cm³/mol. The minimum Gasteiger partial charge on any atom is -0.351 e. The molecule has 0 spiro atoms. The van der Waals surface area contributed by atoms with Gasteiger partial charge in [-0.1, -0.05) is 0 Å². The molecule has 0 aromatic rings. The summed E-state index contributed by atoms with van der Waals surface area (Å²) >= 11 is 0. The Kier molecular flexibility index (Phi) is 5.24. The highest BCUT2D eigenvalue weighted by atomic mass is 19.4. The number of nitrogens with two attached hydrogens (primary N) is 1. The van der Waals surface area contributed by atoms with Gasteiger partial charge in [0.1, 0.15) is 0 Å². The molecule has 1 saturated carbocycles. The fourth-order valence-electron chi connectivity index (χ4n) is 2.54. The van der Waals surface area contributed by atoms with Crippen molar-refractivity contribution in [2.24, 2.45) is 17.6 Å². The van der Waals surface area contributed by atoms with Gasteiger partial charge in [0.05, 0.1) is 5.92 Å². The molecule has 0 bridgehead atoms. The molecule has 0 aliphatic heterocycles. The first-order chi connectivity index (χ1) is 8.65. The van der Waals surface area contributed by atoms with E-state index in [0.717, 1.165) is 0 Å². The summed E-state index contributed by atoms with van der Waals surface area (Å²) < 4.78 is 37.6. The third kappa shape index (κ3) is 5.01. The van der Waals surface area contributed by atoms with E-state index in [1.165, 1.54) is 0 Å². The van der Waals surface area contributed by atoms with Gasteiger partial charge in [-0.25, -0.2) is 0 Å². The van der Waals surface area contributed by atoms with Crippen molar-refractivity contribution in [1.29, 1.82) is 0 Å². The van der Waals surface area contributed by atoms with E-state index < -0.39 is 17.6 Å². The number of amides is 1. The van der Waals surface area contributed by atoms with E-state index in [4.69, 9.17) is 5.73 Å². The van der Waals surface area contributed by atoms with Gasteiger partial charge in [-0.2, -0.15) is 13.2 Å². The van der Waals surface area contributed by atoms with E-state index in [1.807, 2.05) is 13.8 Å². The summed E-state index contributed by atoms with van der Waals surface area (Å²) in [6.07, 6.45) is -2.74. The lowest BCUT2D eigenvalue weighted by Crippen LogP contribution is -2.48. The summed E-state index contributed by atoms with van der Waals surface area (Å²) in [7, 11) is 0. The number of carbonyl (C=O) groups is 1. The number of hydrogen-bond donors (Lipinski definition) is 2. The Balaban J connectivity index is 2.45. The second-order valence-electron chi connectivity index (χ2n) is 6.00. The second kappa shape index (κ2) is 6.11. The molecule has 1 fully saturated rings. The summed E-state index contributed by atoms with van der Waals surface area (Å²) in [6.45, 7) is 4.21. The molecule has 3 N–H and O–H groups in total. The zero-order valence-electron chi connectivity index (χ0n) is 11.5. The minimum atomic E-state index is -4.12. The van der Waals surface area contributed by atoms with Crippen LogP contribution in [-0.2, 0) is 4.79 Å². The molecule has 1 aliphatic carbocycles. The van der Waals surface area contributed by atoms with Gasteiger partial charge < -0.3 is 11.1 Å². The Morgan fingerprint density at radius 1 is 1.21 bits per heavy atom. The Hall–Kier alpha value is -0.780. The SMILES string of the molecule is CC(C)(CCN)NC(=O)C1CCC(C(F)(F)F)CC1. The van der Waals surface area contributed by atoms with Crippen LogP contribution in [0.1, 0.15) is 46.0 Å². The van der Waals surface area contributed by atoms with Crippen LogP contribution in [0.5, 0.6) is 0 Å². The number of nitrogens with one attached hydrogen (secondary N) is 1. The normalized spacial score (nSPS) is 25.2. The van der Waals surface area contributed by atoms with E-state index in [-0.39, 0.29) is 24.7 Å². The third-order valence-electron chi connectivity index (χ3n) is 3.79. The maximum atomic E-state index is 12.5. The van der Waals surface area contributed by atoms with Crippen molar-refractivity contribution in [3.63, 3.8) is 0 Å². The molecule has 0 saturated heterocycles. The first-order valence-corrected chi connectivity index (χ1v) is 6.74. The molecule has 112 valence electrons. The van der Waals surface area contributed by atoms with Crippen LogP contribution in [0.4, 0.5) is 13.2 Å². The molecule has 1 aliphatic rings. The lowest BCUT2D eigenvalue weighted by molar-refractivity contribution is -0.184. The zero-order valence-corrected chi connectivity index (χ0v) is 11.5. The second-order valence-corrected chi connectivity index (χ2v) is 6.00. The molecule has 1 rings (SSSR count). The van der Waals surface area contributed by atoms with Crippen LogP contribution in [0.2, 0.25) is 0 Å². The molecular formula is C13H23F3N2O. The minimum absolute atomic E-state index is 0.0545. The van der Waals surface area contributed by atoms with Crippen LogP contribution in [0.3, 0.4) is 0 Å². The van der Waals surface area contributed by atoms with Crippen molar-refractivity contribution in [3.05, 3.63) is 0 Å². The van der Waals surface area contributed by atoms with Crippen molar-refractivity contribution in [2.75, 3.05) is 6.54 Å². The predicted octanol–water partition coefficient (Wildman–Crippen LogP) is 2.60. The molecular weight excluding hydrogens is 257 g/mol. The van der Waals surface area contributed by atoms with E-state index in [9.17, 15) is 18.0 Å². The third-order valence-corrected chi connectivity index (χ3v) is 3.79. The molecule has 0 aromatic carbocycles. The fourth-order valence-corrected chi connectivity index (χ4v) is 2.54. The smallest absolute Gasteiger partial charge is 0.351 e. The van der Waals surface area contributed by atoms with Gasteiger partial charge in [-0.3, -0.25) is 4.79 Å². The van der Waals surface area contributed by atoms with Crippen LogP contribution in [0, 0.1) is 11.8 Å². The van der Waals surface area contributed by atoms with Crippen molar-refractivity contribution in [3.8, 4) is 0 Å². The summed E-state index contributed by atoms with van der Waals surface area (Å²) in [5.41, 5.74) is 5.06. The van der Waals surface area contributed by atoms with Crippen molar-refractivity contribution < 1.29 is 18.0 Å². The molecule has 6 heteroatoms. The topological polar surface area (TPSA) is 55.1 Å². The van der Waals surface area contributed by atoms with Crippen LogP contribution in [0.15, 0.2) is 0 Å². The quantitative estimate of drug-likeness (QED) is 0.831. The first-order valence-electron chi connectivity index (χ1n) is 6.74. The summed E-state index contributed by atoms with van der Waals surface area (Å²) in [4.78, 5) is 12.0. The van der Waals surface area contributed by atoms with E-state index in [1.54, 1.807) is 0 Å². The molecule has 0 aromatic heterocycles. The number of carbonyl (C=O) groups excluding carboxylic acids is 1. The van der Waals surface area contributed by atoms with Gasteiger partial charge in [0.2, 0.25) is 5.91 Å². The van der Waals surface area contributed by atoms with Gasteiger partial charge in [0.15, 0.2) is 0 Å². The van der Waals surface area contributed by atoms with Gasteiger partial charge in [-0.15, -0.1) is 0 Å². The average Bonchev–Trinajstić information content (AvgIpc) is 2.27. The summed E-state index contributed by atoms with van der Waals surface area (Å²) in [6, 6.07) is 0. The van der Waals surface area contributed by atoms with Crippen LogP contribution < -0.4 is 11.1 Å². The van der Waals surface area contributed by atoms with Gasteiger partial charge in [0, 0.05) is 11.5 Å². The average molecular weight is 280 g/mol. The van der Waals surface area contributed by atoms with Crippen molar-refractivity contribution in [2.45, 2.75) is 57.7 Å². The summed E-state index contributed by atoms with van der Waals surface area (Å²) in [5.74, 6) is -1.68. The molecule has 3 nitrogen and oxygen atoms in total. The molecule has 1 amide bonds. The maximum Gasteiger partial charge on any atom is 0.391 e. The number of rotatable bonds is 4. The number of hydrogen-bond acceptors (Lipinski definition) is 2. The highest BCUT2D eigenvalue weighted by molar-refractivity contribution is 5.79. The summed E-state index contributed by atoms with van der Waals surface area (Å²) in [5, 5.41) is 2.88. The van der Waals surface area contributed by atoms with Crippen LogP contribution in [-0.4, -0.2) is 24.2 Å². The van der Waals surface area contributed by atoms with E-state index in [2.05, 4.69) is 5.32 Å². The largest absolute Gasteiger partial charge is 0.391 e. The Labute approximate surface area is 112 Å². The molecule has 0 atom stereocenters. The Bertz CT molecular complexity index is 308. The zero-order chi connectivity index (χ0) is 14.7. The van der Waals surface area contributed by atoms with Crippen molar-refractivity contribution in [1.82, 2.24) is 5.32 Å². The fraction of sp³-hybridized carbons (Fsp3) is 0.923. The molecule has 0 unspecified atom stereocenters. The van der Waals surface area contributed by atoms with Crippen LogP contribution >= 0.6 is 0 Å². The standard InChI is InChI=1S/C13H23F3N2O/c1-12(2,7-8-17)18-11(19)9-3-5-10(6-4-9)13(14,15)16/h9-10H,3-8,17H2,1-2H3,(H,18,19).